The number of halogens is 1. The summed E-state index contributed by atoms with van der Waals surface area (Å²) in [5, 5.41) is 19.6. The molecule has 0 atom stereocenters. The van der Waals surface area contributed by atoms with E-state index in [1.54, 1.807) is 6.07 Å². The molecule has 3 heterocycles. The Hall–Kier alpha value is -3.55. The normalized spacial score (nSPS) is 11.7. The Morgan fingerprint density at radius 3 is 2.68 bits per heavy atom. The number of aromatic amines is 1. The van der Waals surface area contributed by atoms with Gasteiger partial charge in [-0.1, -0.05) is 19.9 Å². The number of fused-ring (bicyclic) bond motifs is 1. The first-order chi connectivity index (χ1) is 13.4. The third-order valence-corrected chi connectivity index (χ3v) is 4.68. The van der Waals surface area contributed by atoms with Crippen LogP contribution < -0.4 is 11.1 Å². The summed E-state index contributed by atoms with van der Waals surface area (Å²) < 4.78 is 13.1. The minimum atomic E-state index is -0.343. The highest BCUT2D eigenvalue weighted by Gasteiger charge is 2.22. The van der Waals surface area contributed by atoms with E-state index in [0.717, 1.165) is 27.9 Å². The predicted octanol–water partition coefficient (Wildman–Crippen LogP) is 3.53. The van der Waals surface area contributed by atoms with E-state index in [4.69, 9.17) is 5.73 Å². The molecule has 1 aromatic carbocycles. The molecule has 142 valence electrons. The van der Waals surface area contributed by atoms with Gasteiger partial charge in [0.2, 0.25) is 0 Å². The Balaban J connectivity index is 1.47. The smallest absolute Gasteiger partial charge is 0.153 e. The van der Waals surface area contributed by atoms with Crippen LogP contribution in [-0.2, 0) is 5.41 Å². The number of benzene rings is 1. The summed E-state index contributed by atoms with van der Waals surface area (Å²) >= 11 is 0. The van der Waals surface area contributed by atoms with Gasteiger partial charge >= 0.3 is 0 Å². The monoisotopic (exact) mass is 377 g/mol. The molecule has 0 aliphatic heterocycles. The van der Waals surface area contributed by atoms with Crippen molar-refractivity contribution in [2.45, 2.75) is 19.3 Å². The van der Waals surface area contributed by atoms with Crippen molar-refractivity contribution in [1.29, 1.82) is 0 Å². The topological polar surface area (TPSA) is 105 Å². The van der Waals surface area contributed by atoms with Gasteiger partial charge in [-0.3, -0.25) is 10.1 Å². The maximum absolute atomic E-state index is 13.1. The van der Waals surface area contributed by atoms with E-state index in [2.05, 4.69) is 30.7 Å². The number of H-pyrrole nitrogens is 1. The highest BCUT2D eigenvalue weighted by Crippen LogP contribution is 2.25. The molecule has 0 radical (unpaired) electrons. The second-order valence-electron chi connectivity index (χ2n) is 7.27. The van der Waals surface area contributed by atoms with Crippen LogP contribution in [0.4, 0.5) is 16.0 Å². The first-order valence-corrected chi connectivity index (χ1v) is 8.86. The fourth-order valence-corrected chi connectivity index (χ4v) is 2.96. The van der Waals surface area contributed by atoms with Crippen LogP contribution >= 0.6 is 0 Å². The summed E-state index contributed by atoms with van der Waals surface area (Å²) in [5.41, 5.74) is 8.84. The van der Waals surface area contributed by atoms with Crippen LogP contribution in [-0.4, -0.2) is 31.9 Å². The largest absolute Gasteiger partial charge is 0.382 e. The zero-order valence-corrected chi connectivity index (χ0v) is 15.6. The quantitative estimate of drug-likeness (QED) is 0.491. The number of nitrogens with zero attached hydrogens (tertiary/aromatic N) is 4. The second-order valence-corrected chi connectivity index (χ2v) is 7.27. The lowest BCUT2D eigenvalue weighted by Gasteiger charge is -2.24. The van der Waals surface area contributed by atoms with Crippen LogP contribution in [0, 0.1) is 5.82 Å². The van der Waals surface area contributed by atoms with Gasteiger partial charge in [-0.05, 0) is 36.4 Å². The lowest BCUT2D eigenvalue weighted by Crippen LogP contribution is -2.29. The molecule has 4 aromatic rings. The van der Waals surface area contributed by atoms with E-state index in [9.17, 15) is 4.39 Å². The van der Waals surface area contributed by atoms with E-state index in [0.29, 0.717) is 18.2 Å². The van der Waals surface area contributed by atoms with E-state index in [-0.39, 0.29) is 11.2 Å². The van der Waals surface area contributed by atoms with Crippen LogP contribution in [0.2, 0.25) is 0 Å². The second kappa shape index (κ2) is 6.88. The zero-order valence-electron chi connectivity index (χ0n) is 15.6. The molecule has 7 nitrogen and oxygen atoms in total. The summed E-state index contributed by atoms with van der Waals surface area (Å²) in [6.07, 6.45) is 1.23. The molecule has 0 saturated carbocycles. The van der Waals surface area contributed by atoms with E-state index in [1.165, 1.54) is 12.3 Å². The number of anilines is 2. The van der Waals surface area contributed by atoms with Crippen molar-refractivity contribution in [3.8, 4) is 11.3 Å². The fourth-order valence-electron chi connectivity index (χ4n) is 2.96. The van der Waals surface area contributed by atoms with Crippen molar-refractivity contribution in [1.82, 2.24) is 25.4 Å². The van der Waals surface area contributed by atoms with Gasteiger partial charge in [-0.15, -0.1) is 10.2 Å². The standard InChI is InChI=1S/C20H20FN7/c1-20(2,17-7-4-13(21)10-23-17)11-24-18-8-6-15(25-27-18)12-3-5-14-16(9-12)26-28-19(14)22/h3-10H,11H2,1-2H3,(H,24,27)(H3,22,26,28). The van der Waals surface area contributed by atoms with Gasteiger partial charge in [-0.2, -0.15) is 5.10 Å². The molecule has 0 unspecified atom stereocenters. The number of pyridine rings is 1. The first kappa shape index (κ1) is 17.8. The number of nitrogens with one attached hydrogen (secondary N) is 2. The highest BCUT2D eigenvalue weighted by molar-refractivity contribution is 5.91. The molecule has 3 aromatic heterocycles. The van der Waals surface area contributed by atoms with Gasteiger partial charge in [0.05, 0.1) is 17.4 Å². The van der Waals surface area contributed by atoms with Gasteiger partial charge < -0.3 is 11.1 Å². The van der Waals surface area contributed by atoms with E-state index < -0.39 is 0 Å². The molecule has 28 heavy (non-hydrogen) atoms. The molecule has 4 N–H and O–H groups in total. The Bertz CT molecular complexity index is 1100. The number of rotatable bonds is 5. The first-order valence-electron chi connectivity index (χ1n) is 8.86. The maximum Gasteiger partial charge on any atom is 0.153 e. The molecule has 0 bridgehead atoms. The molecule has 4 rings (SSSR count). The SMILES string of the molecule is CC(C)(CNc1ccc(-c2ccc3c(N)n[nH]c3c2)nn1)c1ccc(F)cn1. The van der Waals surface area contributed by atoms with Crippen LogP contribution in [0.25, 0.3) is 22.2 Å². The summed E-state index contributed by atoms with van der Waals surface area (Å²) in [5.74, 6) is 0.793. The maximum atomic E-state index is 13.1. The van der Waals surface area contributed by atoms with Crippen molar-refractivity contribution in [2.75, 3.05) is 17.6 Å². The summed E-state index contributed by atoms with van der Waals surface area (Å²) in [6.45, 7) is 4.65. The summed E-state index contributed by atoms with van der Waals surface area (Å²) in [7, 11) is 0. The van der Waals surface area contributed by atoms with Gasteiger partial charge in [0.25, 0.3) is 0 Å². The molecule has 0 saturated heterocycles. The lowest BCUT2D eigenvalue weighted by atomic mass is 9.88. The Morgan fingerprint density at radius 1 is 1.11 bits per heavy atom. The van der Waals surface area contributed by atoms with Crippen LogP contribution in [0.1, 0.15) is 19.5 Å². The molecule has 0 aliphatic carbocycles. The minimum Gasteiger partial charge on any atom is -0.382 e. The number of nitrogens with two attached hydrogens (primary N) is 1. The Kier molecular flexibility index (Phi) is 4.38. The molecular formula is C20H20FN7. The van der Waals surface area contributed by atoms with Crippen LogP contribution in [0.5, 0.6) is 0 Å². The average molecular weight is 377 g/mol. The number of hydrogen-bond acceptors (Lipinski definition) is 6. The third kappa shape index (κ3) is 3.48. The number of hydrogen-bond donors (Lipinski definition) is 3. The molecule has 0 fully saturated rings. The van der Waals surface area contributed by atoms with Crippen LogP contribution in [0.15, 0.2) is 48.7 Å². The molecule has 0 spiro atoms. The lowest BCUT2D eigenvalue weighted by molar-refractivity contribution is 0.530. The zero-order chi connectivity index (χ0) is 19.7. The van der Waals surface area contributed by atoms with Gasteiger partial charge in [0.15, 0.2) is 5.82 Å². The average Bonchev–Trinajstić information content (AvgIpc) is 3.07. The molecular weight excluding hydrogens is 357 g/mol. The molecule has 8 heteroatoms. The highest BCUT2D eigenvalue weighted by atomic mass is 19.1. The minimum absolute atomic E-state index is 0.292. The number of nitrogen functional groups attached to an aromatic ring is 1. The third-order valence-electron chi connectivity index (χ3n) is 4.68. The van der Waals surface area contributed by atoms with Gasteiger partial charge in [-0.25, -0.2) is 4.39 Å². The van der Waals surface area contributed by atoms with Crippen molar-refractivity contribution in [3.63, 3.8) is 0 Å². The summed E-state index contributed by atoms with van der Waals surface area (Å²) in [4.78, 5) is 4.17. The Morgan fingerprint density at radius 2 is 1.96 bits per heavy atom. The fraction of sp³-hybridized carbons (Fsp3) is 0.200. The van der Waals surface area contributed by atoms with Crippen LogP contribution in [0.3, 0.4) is 0 Å². The molecule has 0 amide bonds. The Labute approximate surface area is 161 Å². The van der Waals surface area contributed by atoms with Crippen molar-refractivity contribution in [2.24, 2.45) is 0 Å². The summed E-state index contributed by atoms with van der Waals surface area (Å²) in [6, 6.07) is 12.7. The van der Waals surface area contributed by atoms with Gasteiger partial charge in [0, 0.05) is 28.6 Å². The van der Waals surface area contributed by atoms with Crippen molar-refractivity contribution in [3.05, 3.63) is 60.2 Å². The van der Waals surface area contributed by atoms with E-state index >= 15 is 0 Å². The number of aromatic nitrogens is 5. The molecule has 0 aliphatic rings. The van der Waals surface area contributed by atoms with Crippen molar-refractivity contribution < 1.29 is 4.39 Å². The van der Waals surface area contributed by atoms with Gasteiger partial charge in [0.1, 0.15) is 11.6 Å². The van der Waals surface area contributed by atoms with E-state index in [1.807, 2.05) is 44.2 Å². The van der Waals surface area contributed by atoms with Crippen molar-refractivity contribution >= 4 is 22.5 Å². The predicted molar refractivity (Wildman–Crippen MR) is 107 cm³/mol.